The van der Waals surface area contributed by atoms with Crippen LogP contribution in [0.2, 0.25) is 10.0 Å². The fraction of sp³-hybridized carbons (Fsp3) is 0.0625. The molecular weight excluding hydrogens is 324 g/mol. The summed E-state index contributed by atoms with van der Waals surface area (Å²) in [6.45, 7) is 1.90. The first-order chi connectivity index (χ1) is 10.6. The van der Waals surface area contributed by atoms with Gasteiger partial charge in [-0.3, -0.25) is 4.98 Å². The number of benzene rings is 1. The van der Waals surface area contributed by atoms with E-state index >= 15 is 0 Å². The van der Waals surface area contributed by atoms with Crippen LogP contribution >= 0.6 is 23.2 Å². The smallest absolute Gasteiger partial charge is 0.151 e. The second kappa shape index (κ2) is 5.99. The molecule has 2 N–H and O–H groups in total. The van der Waals surface area contributed by atoms with E-state index in [2.05, 4.69) is 15.8 Å². The van der Waals surface area contributed by atoms with E-state index < -0.39 is 5.82 Å². The van der Waals surface area contributed by atoms with E-state index in [0.29, 0.717) is 10.6 Å². The van der Waals surface area contributed by atoms with Crippen LogP contribution in [-0.2, 0) is 0 Å². The van der Waals surface area contributed by atoms with Crippen molar-refractivity contribution in [3.63, 3.8) is 0 Å². The molecule has 0 radical (unpaired) electrons. The molecule has 0 saturated heterocycles. The van der Waals surface area contributed by atoms with Crippen molar-refractivity contribution in [2.45, 2.75) is 6.92 Å². The Kier molecular flexibility index (Phi) is 4.05. The number of hydrazine groups is 1. The van der Waals surface area contributed by atoms with E-state index in [9.17, 15) is 4.39 Å². The maximum absolute atomic E-state index is 14.2. The maximum Gasteiger partial charge on any atom is 0.151 e. The first-order valence-electron chi connectivity index (χ1n) is 6.56. The highest BCUT2D eigenvalue weighted by atomic mass is 35.5. The summed E-state index contributed by atoms with van der Waals surface area (Å²) in [5.41, 5.74) is 9.43. The zero-order valence-corrected chi connectivity index (χ0v) is 13.1. The molecule has 2 heterocycles. The van der Waals surface area contributed by atoms with Gasteiger partial charge in [0.1, 0.15) is 5.69 Å². The number of halogens is 3. The predicted octanol–water partition coefficient (Wildman–Crippen LogP) is 4.41. The molecular formula is C16H12Cl2FN3. The van der Waals surface area contributed by atoms with Crippen LogP contribution in [-0.4, -0.2) is 4.98 Å². The third-order valence-electron chi connectivity index (χ3n) is 3.32. The summed E-state index contributed by atoms with van der Waals surface area (Å²) in [5, 5.41) is 0.905. The van der Waals surface area contributed by atoms with Gasteiger partial charge in [-0.1, -0.05) is 35.3 Å². The Morgan fingerprint density at radius 1 is 1.09 bits per heavy atom. The van der Waals surface area contributed by atoms with Crippen molar-refractivity contribution in [3.05, 3.63) is 75.5 Å². The number of rotatable bonds is 2. The number of hydrogen-bond donors (Lipinski definition) is 2. The Morgan fingerprint density at radius 3 is 2.50 bits per heavy atom. The van der Waals surface area contributed by atoms with Gasteiger partial charge in [-0.2, -0.15) is 0 Å². The molecule has 0 unspecified atom stereocenters. The number of nitrogens with one attached hydrogen (secondary N) is 2. The predicted molar refractivity (Wildman–Crippen MR) is 87.5 cm³/mol. The summed E-state index contributed by atoms with van der Waals surface area (Å²) in [6.07, 6.45) is 3.11. The summed E-state index contributed by atoms with van der Waals surface area (Å²) in [4.78, 5) is 4.13. The van der Waals surface area contributed by atoms with Gasteiger partial charge >= 0.3 is 0 Å². The summed E-state index contributed by atoms with van der Waals surface area (Å²) >= 11 is 11.7. The number of hydrogen-bond acceptors (Lipinski definition) is 3. The zero-order valence-electron chi connectivity index (χ0n) is 11.6. The van der Waals surface area contributed by atoms with Crippen molar-refractivity contribution in [3.8, 4) is 0 Å². The van der Waals surface area contributed by atoms with Gasteiger partial charge in [0, 0.05) is 34.3 Å². The van der Waals surface area contributed by atoms with Crippen molar-refractivity contribution < 1.29 is 4.39 Å². The molecule has 6 heteroatoms. The molecule has 112 valence electrons. The van der Waals surface area contributed by atoms with Crippen molar-refractivity contribution >= 4 is 34.3 Å². The molecule has 0 amide bonds. The fourth-order valence-electron chi connectivity index (χ4n) is 2.34. The average molecular weight is 336 g/mol. The van der Waals surface area contributed by atoms with Crippen LogP contribution < -0.4 is 10.9 Å². The lowest BCUT2D eigenvalue weighted by Crippen LogP contribution is -2.29. The minimum absolute atomic E-state index is 0.239. The minimum atomic E-state index is -0.471. The van der Waals surface area contributed by atoms with E-state index in [-0.39, 0.29) is 10.7 Å². The summed E-state index contributed by atoms with van der Waals surface area (Å²) in [7, 11) is 0. The number of nitrogens with zero attached hydrogens (tertiary/aromatic N) is 1. The molecule has 3 rings (SSSR count). The normalized spacial score (nSPS) is 14.3. The molecule has 0 bridgehead atoms. The maximum atomic E-state index is 14.2. The van der Waals surface area contributed by atoms with Gasteiger partial charge in [0.25, 0.3) is 0 Å². The second-order valence-electron chi connectivity index (χ2n) is 4.82. The van der Waals surface area contributed by atoms with Crippen LogP contribution in [0.25, 0.3) is 11.1 Å². The van der Waals surface area contributed by atoms with Crippen LogP contribution in [0.5, 0.6) is 0 Å². The van der Waals surface area contributed by atoms with Crippen LogP contribution in [0.3, 0.4) is 0 Å². The van der Waals surface area contributed by atoms with Gasteiger partial charge in [-0.25, -0.2) is 4.39 Å². The first kappa shape index (κ1) is 14.9. The quantitative estimate of drug-likeness (QED) is 0.853. The van der Waals surface area contributed by atoms with Crippen LogP contribution in [0.1, 0.15) is 18.2 Å². The van der Waals surface area contributed by atoms with Gasteiger partial charge in [0.15, 0.2) is 5.82 Å². The van der Waals surface area contributed by atoms with Gasteiger partial charge in [0.05, 0.1) is 5.02 Å². The lowest BCUT2D eigenvalue weighted by molar-refractivity contribution is 0.616. The average Bonchev–Trinajstić information content (AvgIpc) is 2.48. The van der Waals surface area contributed by atoms with Gasteiger partial charge in [0.2, 0.25) is 0 Å². The lowest BCUT2D eigenvalue weighted by Gasteiger charge is -2.22. The summed E-state index contributed by atoms with van der Waals surface area (Å²) in [6, 6.07) is 8.61. The summed E-state index contributed by atoms with van der Waals surface area (Å²) in [5.74, 6) is -0.471. The zero-order chi connectivity index (χ0) is 15.7. The van der Waals surface area contributed by atoms with Crippen molar-refractivity contribution in [1.82, 2.24) is 15.8 Å². The molecule has 0 spiro atoms. The van der Waals surface area contributed by atoms with Crippen molar-refractivity contribution in [2.24, 2.45) is 0 Å². The molecule has 1 aliphatic rings. The van der Waals surface area contributed by atoms with E-state index in [1.54, 1.807) is 18.3 Å². The fourth-order valence-corrected chi connectivity index (χ4v) is 2.61. The van der Waals surface area contributed by atoms with Crippen molar-refractivity contribution in [2.75, 3.05) is 0 Å². The van der Waals surface area contributed by atoms with E-state index in [1.807, 2.05) is 19.1 Å². The molecule has 22 heavy (non-hydrogen) atoms. The van der Waals surface area contributed by atoms with E-state index in [1.165, 1.54) is 12.3 Å². The Hall–Kier alpha value is -2.04. The number of pyridine rings is 1. The molecule has 1 aromatic carbocycles. The molecule has 1 aliphatic heterocycles. The molecule has 0 fully saturated rings. The van der Waals surface area contributed by atoms with E-state index in [0.717, 1.165) is 16.8 Å². The Morgan fingerprint density at radius 2 is 1.82 bits per heavy atom. The highest BCUT2D eigenvalue weighted by Crippen LogP contribution is 2.35. The Balaban J connectivity index is 2.13. The Bertz CT molecular complexity index is 782. The van der Waals surface area contributed by atoms with Gasteiger partial charge in [-0.05, 0) is 30.7 Å². The minimum Gasteiger partial charge on any atom is -0.308 e. The summed E-state index contributed by atoms with van der Waals surface area (Å²) < 4.78 is 14.2. The third-order valence-corrected chi connectivity index (χ3v) is 3.78. The SMILES string of the molecule is CC1=C(c2ccc(Cl)cc2)C(c2ncc(Cl)cc2F)=CNN1. The van der Waals surface area contributed by atoms with Crippen LogP contribution in [0.4, 0.5) is 4.39 Å². The largest absolute Gasteiger partial charge is 0.308 e. The highest BCUT2D eigenvalue weighted by molar-refractivity contribution is 6.31. The number of allylic oxidation sites excluding steroid dienone is 3. The Labute approximate surface area is 137 Å². The van der Waals surface area contributed by atoms with E-state index in [4.69, 9.17) is 23.2 Å². The highest BCUT2D eigenvalue weighted by Gasteiger charge is 2.21. The number of aromatic nitrogens is 1. The third kappa shape index (κ3) is 2.80. The lowest BCUT2D eigenvalue weighted by atomic mass is 9.93. The monoisotopic (exact) mass is 335 g/mol. The molecule has 0 saturated carbocycles. The van der Waals surface area contributed by atoms with Crippen molar-refractivity contribution in [1.29, 1.82) is 0 Å². The second-order valence-corrected chi connectivity index (χ2v) is 5.69. The molecule has 1 aromatic heterocycles. The molecule has 2 aromatic rings. The van der Waals surface area contributed by atoms with Gasteiger partial charge < -0.3 is 10.9 Å². The topological polar surface area (TPSA) is 37.0 Å². The molecule has 0 aliphatic carbocycles. The molecule has 0 atom stereocenters. The molecule has 3 nitrogen and oxygen atoms in total. The first-order valence-corrected chi connectivity index (χ1v) is 7.32. The standard InChI is InChI=1S/C16H12Cl2FN3/c1-9-15(10-2-4-11(17)5-3-10)13(8-21-22-9)16-14(19)6-12(18)7-20-16/h2-8,21-22H,1H3. The van der Waals surface area contributed by atoms with Crippen LogP contribution in [0.15, 0.2) is 48.4 Å². The van der Waals surface area contributed by atoms with Crippen LogP contribution in [0, 0.1) is 5.82 Å². The van der Waals surface area contributed by atoms with Gasteiger partial charge in [-0.15, -0.1) is 0 Å².